The maximum absolute atomic E-state index is 13.5. The Balaban J connectivity index is 1.49. The van der Waals surface area contributed by atoms with Gasteiger partial charge in [0.2, 0.25) is 5.03 Å². The van der Waals surface area contributed by atoms with Crippen LogP contribution in [0.1, 0.15) is 36.5 Å². The van der Waals surface area contributed by atoms with Crippen LogP contribution in [0.2, 0.25) is 5.02 Å². The van der Waals surface area contributed by atoms with E-state index in [2.05, 4.69) is 15.3 Å². The Bertz CT molecular complexity index is 1080. The average molecular weight is 496 g/mol. The van der Waals surface area contributed by atoms with Crippen LogP contribution >= 0.6 is 11.6 Å². The molecule has 2 aliphatic rings. The van der Waals surface area contributed by atoms with Gasteiger partial charge >= 0.3 is 0 Å². The van der Waals surface area contributed by atoms with Crippen molar-refractivity contribution in [2.75, 3.05) is 44.2 Å². The van der Waals surface area contributed by atoms with Crippen LogP contribution in [0.3, 0.4) is 0 Å². The van der Waals surface area contributed by atoms with Gasteiger partial charge in [-0.15, -0.1) is 0 Å². The molecule has 1 aromatic heterocycles. The third kappa shape index (κ3) is 5.51. The van der Waals surface area contributed by atoms with E-state index in [1.54, 1.807) is 0 Å². The number of aryl methyl sites for hydroxylation is 1. The predicted molar refractivity (Wildman–Crippen MR) is 126 cm³/mol. The van der Waals surface area contributed by atoms with Gasteiger partial charge in [0.25, 0.3) is 15.9 Å². The van der Waals surface area contributed by atoms with Gasteiger partial charge in [-0.3, -0.25) is 9.48 Å². The fourth-order valence-electron chi connectivity index (χ4n) is 4.18. The van der Waals surface area contributed by atoms with Gasteiger partial charge in [-0.2, -0.15) is 9.40 Å². The van der Waals surface area contributed by atoms with E-state index in [0.29, 0.717) is 50.9 Å². The number of carbonyl (C=O) groups excluding carboxylic acids is 1. The zero-order valence-corrected chi connectivity index (χ0v) is 20.3. The number of anilines is 1. The lowest BCUT2D eigenvalue weighted by Gasteiger charge is -2.35. The van der Waals surface area contributed by atoms with E-state index < -0.39 is 15.9 Å². The molecule has 2 fully saturated rings. The number of halogens is 1. The minimum absolute atomic E-state index is 0.0285. The minimum atomic E-state index is -3.93. The molecule has 0 saturated carbocycles. The Labute approximate surface area is 199 Å². The molecule has 9 nitrogen and oxygen atoms in total. The van der Waals surface area contributed by atoms with Crippen LogP contribution in [0, 0.1) is 0 Å². The second-order valence-corrected chi connectivity index (χ2v) is 10.6. The van der Waals surface area contributed by atoms with Gasteiger partial charge in [0, 0.05) is 62.8 Å². The highest BCUT2D eigenvalue weighted by molar-refractivity contribution is 7.89. The fraction of sp³-hybridized carbons (Fsp3) is 0.545. The first-order valence-electron chi connectivity index (χ1n) is 11.4. The smallest absolute Gasteiger partial charge is 0.263 e. The van der Waals surface area contributed by atoms with E-state index in [4.69, 9.17) is 16.3 Å². The molecule has 11 heteroatoms. The van der Waals surface area contributed by atoms with Crippen LogP contribution in [0.25, 0.3) is 0 Å². The van der Waals surface area contributed by atoms with Crippen molar-refractivity contribution < 1.29 is 17.9 Å². The highest BCUT2D eigenvalue weighted by Gasteiger charge is 2.35. The summed E-state index contributed by atoms with van der Waals surface area (Å²) in [6.45, 7) is 5.20. The Morgan fingerprint density at radius 3 is 2.73 bits per heavy atom. The van der Waals surface area contributed by atoms with E-state index in [-0.39, 0.29) is 16.7 Å². The van der Waals surface area contributed by atoms with Gasteiger partial charge in [-0.25, -0.2) is 8.42 Å². The van der Waals surface area contributed by atoms with Crippen molar-refractivity contribution >= 4 is 33.2 Å². The molecule has 1 aromatic carbocycles. The second-order valence-electron chi connectivity index (χ2n) is 8.33. The molecule has 2 aromatic rings. The summed E-state index contributed by atoms with van der Waals surface area (Å²) in [5, 5.41) is 7.58. The van der Waals surface area contributed by atoms with Crippen molar-refractivity contribution in [1.82, 2.24) is 19.4 Å². The Morgan fingerprint density at radius 1 is 1.27 bits per heavy atom. The normalized spacial score (nSPS) is 19.7. The molecular weight excluding hydrogens is 466 g/mol. The number of aromatic nitrogens is 2. The van der Waals surface area contributed by atoms with Crippen molar-refractivity contribution in [1.29, 1.82) is 0 Å². The van der Waals surface area contributed by atoms with Gasteiger partial charge in [-0.1, -0.05) is 24.6 Å². The van der Waals surface area contributed by atoms with Crippen LogP contribution in [0.4, 0.5) is 5.69 Å². The minimum Gasteiger partial charge on any atom is -0.376 e. The Kier molecular flexibility index (Phi) is 7.58. The first-order chi connectivity index (χ1) is 15.9. The van der Waals surface area contributed by atoms with Crippen LogP contribution < -0.4 is 10.2 Å². The molecule has 3 heterocycles. The lowest BCUT2D eigenvalue weighted by Crippen LogP contribution is -2.49. The van der Waals surface area contributed by atoms with Gasteiger partial charge in [0.05, 0.1) is 11.7 Å². The summed E-state index contributed by atoms with van der Waals surface area (Å²) in [5.41, 5.74) is 1.04. The number of sulfonamides is 1. The number of hydrogen-bond donors (Lipinski definition) is 1. The highest BCUT2D eigenvalue weighted by atomic mass is 35.5. The monoisotopic (exact) mass is 495 g/mol. The molecule has 33 heavy (non-hydrogen) atoms. The average Bonchev–Trinajstić information content (AvgIpc) is 3.48. The summed E-state index contributed by atoms with van der Waals surface area (Å²) in [6, 6.07) is 7.51. The molecule has 0 spiro atoms. The fourth-order valence-corrected chi connectivity index (χ4v) is 5.89. The van der Waals surface area contributed by atoms with Gasteiger partial charge < -0.3 is 15.0 Å². The molecule has 0 bridgehead atoms. The highest BCUT2D eigenvalue weighted by Crippen LogP contribution is 2.24. The Morgan fingerprint density at radius 2 is 2.06 bits per heavy atom. The molecule has 0 aliphatic carbocycles. The number of nitrogens with one attached hydrogen (secondary N) is 1. The van der Waals surface area contributed by atoms with Crippen molar-refractivity contribution in [3.05, 3.63) is 41.0 Å². The molecule has 1 amide bonds. The lowest BCUT2D eigenvalue weighted by atomic mass is 10.2. The number of rotatable bonds is 8. The molecule has 1 N–H and O–H groups in total. The number of ether oxygens (including phenoxy) is 1. The van der Waals surface area contributed by atoms with Gasteiger partial charge in [0.1, 0.15) is 0 Å². The first-order valence-corrected chi connectivity index (χ1v) is 13.2. The maximum Gasteiger partial charge on any atom is 0.263 e. The quantitative estimate of drug-likeness (QED) is 0.604. The number of benzene rings is 1. The van der Waals surface area contributed by atoms with Crippen molar-refractivity contribution in [3.63, 3.8) is 0 Å². The lowest BCUT2D eigenvalue weighted by molar-refractivity contribution is 0.0855. The summed E-state index contributed by atoms with van der Waals surface area (Å²) in [5.74, 6) is -0.441. The molecule has 4 rings (SSSR count). The molecule has 2 saturated heterocycles. The zero-order valence-electron chi connectivity index (χ0n) is 18.7. The largest absolute Gasteiger partial charge is 0.376 e. The third-order valence-electron chi connectivity index (χ3n) is 5.94. The number of amides is 1. The van der Waals surface area contributed by atoms with Crippen molar-refractivity contribution in [3.8, 4) is 0 Å². The third-order valence-corrected chi connectivity index (χ3v) is 8.01. The number of carbonyl (C=O) groups is 1. The van der Waals surface area contributed by atoms with Gasteiger partial charge in [0.15, 0.2) is 0 Å². The summed E-state index contributed by atoms with van der Waals surface area (Å²) in [7, 11) is -3.93. The van der Waals surface area contributed by atoms with Crippen molar-refractivity contribution in [2.45, 2.75) is 43.9 Å². The topological polar surface area (TPSA) is 96.8 Å². The van der Waals surface area contributed by atoms with Crippen molar-refractivity contribution in [2.24, 2.45) is 0 Å². The summed E-state index contributed by atoms with van der Waals surface area (Å²) >= 11 is 6.10. The second kappa shape index (κ2) is 10.4. The van der Waals surface area contributed by atoms with E-state index >= 15 is 0 Å². The molecule has 180 valence electrons. The van der Waals surface area contributed by atoms with E-state index in [1.807, 2.05) is 31.2 Å². The van der Waals surface area contributed by atoms with Crippen LogP contribution in [-0.4, -0.2) is 73.8 Å². The summed E-state index contributed by atoms with van der Waals surface area (Å²) in [4.78, 5) is 15.0. The molecule has 2 aliphatic heterocycles. The molecule has 0 radical (unpaired) electrons. The SMILES string of the molecule is CCCn1cc(C(=O)NC[C@H]2CCCO2)c(S(=O)(=O)N2CCN(c3cccc(Cl)c3)CC2)n1. The maximum atomic E-state index is 13.5. The Hall–Kier alpha value is -2.14. The van der Waals surface area contributed by atoms with E-state index in [0.717, 1.165) is 24.9 Å². The number of nitrogens with zero attached hydrogens (tertiary/aromatic N) is 4. The summed E-state index contributed by atoms with van der Waals surface area (Å²) < 4.78 is 35.5. The van der Waals surface area contributed by atoms with Gasteiger partial charge in [-0.05, 0) is 37.5 Å². The predicted octanol–water partition coefficient (Wildman–Crippen LogP) is 2.37. The standard InChI is InChI=1S/C22H30ClN5O4S/c1-2-8-27-16-20(21(29)24-15-19-7-4-13-32-19)22(25-27)33(30,31)28-11-9-26(10-12-28)18-6-3-5-17(23)14-18/h3,5-6,14,16,19H,2,4,7-13,15H2,1H3,(H,24,29)/t19-/m1/s1. The number of piperazine rings is 1. The molecule has 0 unspecified atom stereocenters. The first kappa shape index (κ1) is 24.0. The van der Waals surface area contributed by atoms with Crippen LogP contribution in [0.5, 0.6) is 0 Å². The van der Waals surface area contributed by atoms with E-state index in [1.165, 1.54) is 15.2 Å². The molecule has 1 atom stereocenters. The van der Waals surface area contributed by atoms with Crippen LogP contribution in [0.15, 0.2) is 35.5 Å². The van der Waals surface area contributed by atoms with E-state index in [9.17, 15) is 13.2 Å². The summed E-state index contributed by atoms with van der Waals surface area (Å²) in [6.07, 6.45) is 4.13. The van der Waals surface area contributed by atoms with Crippen LogP contribution in [-0.2, 0) is 21.3 Å². The number of hydrogen-bond acceptors (Lipinski definition) is 6. The molecular formula is C22H30ClN5O4S. The zero-order chi connectivity index (χ0) is 23.4.